The number of ketones is 2. The largest absolute Gasteiger partial charge is 0.460 e. The number of carbonyl (C=O) groups excluding carboxylic acids is 2. The van der Waals surface area contributed by atoms with Crippen LogP contribution in [0.5, 0.6) is 0 Å². The number of allylic oxidation sites excluding steroid dienone is 4. The van der Waals surface area contributed by atoms with Crippen molar-refractivity contribution in [1.29, 1.82) is 0 Å². The number of furan rings is 1. The maximum atomic E-state index is 13.6. The first kappa shape index (κ1) is 23.6. The Hall–Kier alpha value is -3.09. The van der Waals surface area contributed by atoms with E-state index in [4.69, 9.17) is 4.42 Å². The number of benzene rings is 1. The average molecular weight is 484 g/mol. The smallest absolute Gasteiger partial charge is 0.417 e. The summed E-state index contributed by atoms with van der Waals surface area (Å²) in [5.41, 5.74) is 1.23. The van der Waals surface area contributed by atoms with Crippen LogP contribution in [0.2, 0.25) is 0 Å². The highest BCUT2D eigenvalue weighted by molar-refractivity contribution is 6.06. The van der Waals surface area contributed by atoms with E-state index >= 15 is 0 Å². The topological polar surface area (TPSA) is 59.3 Å². The molecule has 0 saturated carbocycles. The molecule has 2 aromatic rings. The number of carbonyl (C=O) groups is 2. The molecule has 0 fully saturated rings. The summed E-state index contributed by atoms with van der Waals surface area (Å²) < 4.78 is 46.9. The van der Waals surface area contributed by atoms with E-state index in [-0.39, 0.29) is 33.7 Å². The van der Waals surface area contributed by atoms with E-state index in [2.05, 4.69) is 5.32 Å². The van der Waals surface area contributed by atoms with E-state index in [1.165, 1.54) is 24.3 Å². The van der Waals surface area contributed by atoms with Gasteiger partial charge in [-0.25, -0.2) is 0 Å². The normalized spacial score (nSPS) is 22.1. The van der Waals surface area contributed by atoms with Gasteiger partial charge in [0.1, 0.15) is 11.5 Å². The van der Waals surface area contributed by atoms with Crippen LogP contribution in [0, 0.1) is 10.8 Å². The van der Waals surface area contributed by atoms with Gasteiger partial charge in [0.15, 0.2) is 11.6 Å². The van der Waals surface area contributed by atoms with Crippen LogP contribution in [-0.2, 0) is 15.8 Å². The van der Waals surface area contributed by atoms with Crippen molar-refractivity contribution in [3.8, 4) is 11.3 Å². The van der Waals surface area contributed by atoms with Crippen molar-refractivity contribution in [3.63, 3.8) is 0 Å². The molecule has 184 valence electrons. The Labute approximate surface area is 202 Å². The van der Waals surface area contributed by atoms with E-state index in [1.54, 1.807) is 6.07 Å². The van der Waals surface area contributed by atoms with Crippen molar-refractivity contribution < 1.29 is 27.2 Å². The van der Waals surface area contributed by atoms with Crippen molar-refractivity contribution in [2.45, 2.75) is 65.5 Å². The molecule has 2 heterocycles. The summed E-state index contributed by atoms with van der Waals surface area (Å²) in [5.74, 6) is -0.471. The van der Waals surface area contributed by atoms with Gasteiger partial charge in [-0.2, -0.15) is 13.2 Å². The zero-order valence-corrected chi connectivity index (χ0v) is 20.2. The van der Waals surface area contributed by atoms with Gasteiger partial charge < -0.3 is 9.73 Å². The highest BCUT2D eigenvalue weighted by Crippen LogP contribution is 2.51. The lowest BCUT2D eigenvalue weighted by atomic mass is 9.65. The van der Waals surface area contributed by atoms with Crippen molar-refractivity contribution in [3.05, 3.63) is 70.3 Å². The molecular weight excluding hydrogens is 455 g/mol. The second kappa shape index (κ2) is 7.70. The van der Waals surface area contributed by atoms with E-state index in [1.807, 2.05) is 27.7 Å². The van der Waals surface area contributed by atoms with Crippen LogP contribution in [-0.4, -0.2) is 11.6 Å². The number of halogens is 3. The summed E-state index contributed by atoms with van der Waals surface area (Å²) in [6, 6.07) is 8.35. The van der Waals surface area contributed by atoms with E-state index in [9.17, 15) is 22.8 Å². The van der Waals surface area contributed by atoms with Crippen molar-refractivity contribution in [2.24, 2.45) is 10.8 Å². The van der Waals surface area contributed by atoms with Gasteiger partial charge in [0.25, 0.3) is 0 Å². The minimum Gasteiger partial charge on any atom is -0.460 e. The third kappa shape index (κ3) is 4.15. The van der Waals surface area contributed by atoms with E-state index < -0.39 is 17.7 Å². The Balaban J connectivity index is 1.66. The number of Topliss-reactive ketones (excluding diaryl/α,β-unsaturated/α-hetero) is 2. The molecule has 1 aromatic heterocycles. The Morgan fingerprint density at radius 1 is 0.829 bits per heavy atom. The van der Waals surface area contributed by atoms with Gasteiger partial charge in [0, 0.05) is 40.9 Å². The van der Waals surface area contributed by atoms with E-state index in [0.29, 0.717) is 42.6 Å². The minimum absolute atomic E-state index is 0.0583. The molecule has 3 aliphatic rings. The third-order valence-corrected chi connectivity index (χ3v) is 7.13. The first-order chi connectivity index (χ1) is 16.3. The summed E-state index contributed by atoms with van der Waals surface area (Å²) >= 11 is 0. The number of rotatable bonds is 2. The summed E-state index contributed by atoms with van der Waals surface area (Å²) in [4.78, 5) is 26.8. The monoisotopic (exact) mass is 483 g/mol. The van der Waals surface area contributed by atoms with Gasteiger partial charge in [-0.15, -0.1) is 0 Å². The summed E-state index contributed by atoms with van der Waals surface area (Å²) in [5, 5.41) is 3.42. The first-order valence-corrected chi connectivity index (χ1v) is 11.8. The van der Waals surface area contributed by atoms with Gasteiger partial charge >= 0.3 is 6.18 Å². The van der Waals surface area contributed by atoms with Crippen LogP contribution in [0.3, 0.4) is 0 Å². The van der Waals surface area contributed by atoms with E-state index in [0.717, 1.165) is 17.5 Å². The molecule has 7 heteroatoms. The molecule has 0 amide bonds. The molecule has 0 unspecified atom stereocenters. The number of alkyl halides is 3. The van der Waals surface area contributed by atoms with Crippen molar-refractivity contribution in [1.82, 2.24) is 5.32 Å². The molecule has 1 N–H and O–H groups in total. The molecule has 0 saturated heterocycles. The van der Waals surface area contributed by atoms with Crippen LogP contribution in [0.15, 0.2) is 63.4 Å². The molecule has 0 bridgehead atoms. The first-order valence-electron chi connectivity index (χ1n) is 11.8. The molecule has 0 radical (unpaired) electrons. The Kier molecular flexibility index (Phi) is 5.20. The number of dihydropyridines is 1. The zero-order chi connectivity index (χ0) is 25.3. The van der Waals surface area contributed by atoms with Gasteiger partial charge in [-0.1, -0.05) is 45.9 Å². The number of hydrogen-bond acceptors (Lipinski definition) is 4. The quantitative estimate of drug-likeness (QED) is 0.503. The van der Waals surface area contributed by atoms with Crippen molar-refractivity contribution in [2.75, 3.05) is 0 Å². The fourth-order valence-corrected chi connectivity index (χ4v) is 5.77. The van der Waals surface area contributed by atoms with Crippen molar-refractivity contribution >= 4 is 11.6 Å². The number of nitrogens with one attached hydrogen (secondary N) is 1. The average Bonchev–Trinajstić information content (AvgIpc) is 3.19. The standard InChI is InChI=1S/C28H28F3NO3/c1-26(2)11-17-23(19(33)13-26)25(24-18(32-17)12-27(3,4)14-20(24)34)22-10-9-21(35-22)15-7-5-6-8-16(15)28(29,30)31/h5-10,25,32H,11-14H2,1-4H3. The van der Waals surface area contributed by atoms with Crippen LogP contribution in [0.4, 0.5) is 13.2 Å². The molecule has 4 nitrogen and oxygen atoms in total. The lowest BCUT2D eigenvalue weighted by molar-refractivity contribution is -0.137. The van der Waals surface area contributed by atoms with Crippen LogP contribution >= 0.6 is 0 Å². The second-order valence-electron chi connectivity index (χ2n) is 11.5. The fraction of sp³-hybridized carbons (Fsp3) is 0.429. The molecular formula is C28H28F3NO3. The summed E-state index contributed by atoms with van der Waals surface area (Å²) in [6.45, 7) is 8.13. The zero-order valence-electron chi connectivity index (χ0n) is 20.2. The predicted molar refractivity (Wildman–Crippen MR) is 125 cm³/mol. The molecule has 1 aliphatic heterocycles. The SMILES string of the molecule is CC1(C)CC(=O)C2=C(C1)NC1=C(C(=O)CC(C)(C)C1)C2c1ccc(-c2ccccc2C(F)(F)F)o1. The maximum Gasteiger partial charge on any atom is 0.417 e. The Morgan fingerprint density at radius 3 is 1.91 bits per heavy atom. The van der Waals surface area contributed by atoms with Gasteiger partial charge in [-0.3, -0.25) is 9.59 Å². The Bertz CT molecular complexity index is 1250. The lowest BCUT2D eigenvalue weighted by Crippen LogP contribution is -2.42. The van der Waals surface area contributed by atoms with Gasteiger partial charge in [-0.05, 0) is 41.9 Å². The molecule has 5 rings (SSSR count). The van der Waals surface area contributed by atoms with Crippen LogP contribution in [0.1, 0.15) is 70.6 Å². The Morgan fingerprint density at radius 2 is 1.37 bits per heavy atom. The van der Waals surface area contributed by atoms with Gasteiger partial charge in [0.05, 0.1) is 11.5 Å². The summed E-state index contributed by atoms with van der Waals surface area (Å²) in [6.07, 6.45) is -2.60. The lowest BCUT2D eigenvalue weighted by Gasteiger charge is -2.43. The second-order valence-corrected chi connectivity index (χ2v) is 11.5. The predicted octanol–water partition coefficient (Wildman–Crippen LogP) is 6.94. The molecule has 35 heavy (non-hydrogen) atoms. The number of hydrogen-bond donors (Lipinski definition) is 1. The molecule has 0 spiro atoms. The van der Waals surface area contributed by atoms with Crippen LogP contribution < -0.4 is 5.32 Å². The highest BCUT2D eigenvalue weighted by atomic mass is 19.4. The van der Waals surface area contributed by atoms with Gasteiger partial charge in [0.2, 0.25) is 0 Å². The molecule has 0 atom stereocenters. The fourth-order valence-electron chi connectivity index (χ4n) is 5.77. The molecule has 2 aliphatic carbocycles. The minimum atomic E-state index is -4.54. The summed E-state index contributed by atoms with van der Waals surface area (Å²) in [7, 11) is 0. The third-order valence-electron chi connectivity index (χ3n) is 7.13. The molecule has 1 aromatic carbocycles. The highest BCUT2D eigenvalue weighted by Gasteiger charge is 2.47. The maximum absolute atomic E-state index is 13.6. The van der Waals surface area contributed by atoms with Crippen LogP contribution in [0.25, 0.3) is 11.3 Å².